The van der Waals surface area contributed by atoms with Gasteiger partial charge in [-0.3, -0.25) is 0 Å². The zero-order valence-electron chi connectivity index (χ0n) is 10.9. The van der Waals surface area contributed by atoms with Gasteiger partial charge < -0.3 is 4.74 Å². The van der Waals surface area contributed by atoms with Crippen LogP contribution >= 0.6 is 39.1 Å². The van der Waals surface area contributed by atoms with E-state index in [1.807, 2.05) is 30.3 Å². The van der Waals surface area contributed by atoms with Crippen molar-refractivity contribution in [3.63, 3.8) is 0 Å². The summed E-state index contributed by atoms with van der Waals surface area (Å²) in [6, 6.07) is 11.8. The molecule has 2 aromatic rings. The monoisotopic (exact) mass is 370 g/mol. The van der Waals surface area contributed by atoms with Gasteiger partial charge in [0, 0.05) is 15.9 Å². The molecule has 0 aliphatic carbocycles. The molecule has 1 nitrogen and oxygen atoms in total. The molecule has 2 aromatic carbocycles. The van der Waals surface area contributed by atoms with E-state index in [2.05, 4.69) is 28.9 Å². The molecule has 3 rings (SSSR count). The Balaban J connectivity index is 1.95. The minimum atomic E-state index is -0.206. The molecule has 1 aliphatic heterocycles. The number of rotatable bonds is 2. The van der Waals surface area contributed by atoms with Crippen LogP contribution in [0.15, 0.2) is 40.9 Å². The fraction of sp³-hybridized carbons (Fsp3) is 0.250. The zero-order valence-corrected chi connectivity index (χ0v) is 14.0. The summed E-state index contributed by atoms with van der Waals surface area (Å²) in [6.07, 6.45) is 1.19. The lowest BCUT2D eigenvalue weighted by Gasteiger charge is -2.13. The molecule has 0 N–H and O–H groups in total. The second-order valence-electron chi connectivity index (χ2n) is 5.03. The summed E-state index contributed by atoms with van der Waals surface area (Å²) < 4.78 is 6.64. The third-order valence-electron chi connectivity index (χ3n) is 3.45. The third-order valence-corrected chi connectivity index (χ3v) is 4.86. The first kappa shape index (κ1) is 14.2. The van der Waals surface area contributed by atoms with E-state index in [1.54, 1.807) is 0 Å². The Labute approximate surface area is 137 Å². The summed E-state index contributed by atoms with van der Waals surface area (Å²) in [5.41, 5.74) is 3.32. The highest BCUT2D eigenvalue weighted by Crippen LogP contribution is 2.38. The van der Waals surface area contributed by atoms with E-state index in [-0.39, 0.29) is 11.5 Å². The van der Waals surface area contributed by atoms with Crippen molar-refractivity contribution in [2.24, 2.45) is 0 Å². The van der Waals surface area contributed by atoms with Crippen LogP contribution in [0.1, 0.15) is 29.0 Å². The third kappa shape index (κ3) is 2.69. The average molecular weight is 372 g/mol. The largest absolute Gasteiger partial charge is 0.490 e. The molecule has 0 aromatic heterocycles. The lowest BCUT2D eigenvalue weighted by Crippen LogP contribution is -2.05. The van der Waals surface area contributed by atoms with Crippen LogP contribution in [0.2, 0.25) is 5.02 Å². The van der Waals surface area contributed by atoms with Gasteiger partial charge in [0.25, 0.3) is 0 Å². The van der Waals surface area contributed by atoms with Gasteiger partial charge in [-0.15, -0.1) is 11.6 Å². The van der Waals surface area contributed by atoms with Crippen LogP contribution in [-0.4, -0.2) is 6.10 Å². The standard InChI is InChI=1S/C16H13BrCl2O/c1-9-6-11-7-10(2-5-15(11)20-9)16(19)13-4-3-12(18)8-14(13)17/h2-5,7-9,16H,6H2,1H3. The van der Waals surface area contributed by atoms with Gasteiger partial charge in [0.05, 0.1) is 5.38 Å². The number of ether oxygens (including phenoxy) is 1. The molecule has 2 atom stereocenters. The topological polar surface area (TPSA) is 9.23 Å². The maximum absolute atomic E-state index is 6.61. The summed E-state index contributed by atoms with van der Waals surface area (Å²) in [5.74, 6) is 0.972. The van der Waals surface area contributed by atoms with E-state index in [0.29, 0.717) is 5.02 Å². The van der Waals surface area contributed by atoms with Gasteiger partial charge in [0.15, 0.2) is 0 Å². The molecule has 1 aliphatic rings. The lowest BCUT2D eigenvalue weighted by atomic mass is 10.0. The predicted molar refractivity (Wildman–Crippen MR) is 87.1 cm³/mol. The van der Waals surface area contributed by atoms with Crippen molar-refractivity contribution in [3.05, 3.63) is 62.6 Å². The lowest BCUT2D eigenvalue weighted by molar-refractivity contribution is 0.254. The van der Waals surface area contributed by atoms with Crippen molar-refractivity contribution in [2.75, 3.05) is 0 Å². The van der Waals surface area contributed by atoms with Gasteiger partial charge in [-0.25, -0.2) is 0 Å². The first-order chi connectivity index (χ1) is 9.54. The number of hydrogen-bond acceptors (Lipinski definition) is 1. The number of fused-ring (bicyclic) bond motifs is 1. The molecule has 0 fully saturated rings. The van der Waals surface area contributed by atoms with Crippen molar-refractivity contribution in [2.45, 2.75) is 24.8 Å². The van der Waals surface area contributed by atoms with Crippen molar-refractivity contribution in [3.8, 4) is 5.75 Å². The first-order valence-electron chi connectivity index (χ1n) is 6.43. The van der Waals surface area contributed by atoms with E-state index in [0.717, 1.165) is 27.8 Å². The van der Waals surface area contributed by atoms with E-state index >= 15 is 0 Å². The molecule has 0 amide bonds. The normalized spacial score (nSPS) is 18.5. The number of alkyl halides is 1. The highest BCUT2D eigenvalue weighted by Gasteiger charge is 2.21. The first-order valence-corrected chi connectivity index (χ1v) is 8.04. The van der Waals surface area contributed by atoms with Gasteiger partial charge >= 0.3 is 0 Å². The Morgan fingerprint density at radius 3 is 2.80 bits per heavy atom. The molecule has 104 valence electrons. The Bertz CT molecular complexity index is 657. The second-order valence-corrected chi connectivity index (χ2v) is 6.76. The fourth-order valence-corrected chi connectivity index (χ4v) is 3.86. The van der Waals surface area contributed by atoms with Crippen LogP contribution in [0.25, 0.3) is 0 Å². The molecule has 0 saturated carbocycles. The minimum absolute atomic E-state index is 0.206. The predicted octanol–water partition coefficient (Wildman–Crippen LogP) is 5.75. The van der Waals surface area contributed by atoms with Crippen molar-refractivity contribution < 1.29 is 4.74 Å². The molecule has 0 saturated heterocycles. The number of hydrogen-bond donors (Lipinski definition) is 0. The average Bonchev–Trinajstić information content (AvgIpc) is 2.77. The molecule has 0 radical (unpaired) electrons. The Kier molecular flexibility index (Phi) is 3.98. The molecule has 4 heteroatoms. The highest BCUT2D eigenvalue weighted by atomic mass is 79.9. The number of benzene rings is 2. The van der Waals surface area contributed by atoms with Gasteiger partial charge in [-0.2, -0.15) is 0 Å². The molecule has 20 heavy (non-hydrogen) atoms. The maximum atomic E-state index is 6.61. The van der Waals surface area contributed by atoms with Gasteiger partial charge in [-0.05, 0) is 41.8 Å². The van der Waals surface area contributed by atoms with Crippen LogP contribution in [0.4, 0.5) is 0 Å². The fourth-order valence-electron chi connectivity index (χ4n) is 2.49. The molecular weight excluding hydrogens is 359 g/mol. The van der Waals surface area contributed by atoms with Gasteiger partial charge in [0.1, 0.15) is 11.9 Å². The van der Waals surface area contributed by atoms with Crippen molar-refractivity contribution in [1.82, 2.24) is 0 Å². The molecule has 2 unspecified atom stereocenters. The summed E-state index contributed by atoms with van der Waals surface area (Å²) in [4.78, 5) is 0. The highest BCUT2D eigenvalue weighted by molar-refractivity contribution is 9.10. The Morgan fingerprint density at radius 2 is 2.05 bits per heavy atom. The zero-order chi connectivity index (χ0) is 14.3. The van der Waals surface area contributed by atoms with Crippen molar-refractivity contribution >= 4 is 39.1 Å². The van der Waals surface area contributed by atoms with Crippen molar-refractivity contribution in [1.29, 1.82) is 0 Å². The van der Waals surface area contributed by atoms with Crippen LogP contribution in [0.3, 0.4) is 0 Å². The smallest absolute Gasteiger partial charge is 0.123 e. The summed E-state index contributed by atoms with van der Waals surface area (Å²) >= 11 is 16.1. The van der Waals surface area contributed by atoms with E-state index in [9.17, 15) is 0 Å². The summed E-state index contributed by atoms with van der Waals surface area (Å²) in [7, 11) is 0. The van der Waals surface area contributed by atoms with E-state index < -0.39 is 0 Å². The number of halogens is 3. The maximum Gasteiger partial charge on any atom is 0.123 e. The van der Waals surface area contributed by atoms with Crippen LogP contribution in [0, 0.1) is 0 Å². The van der Waals surface area contributed by atoms with Crippen LogP contribution in [0.5, 0.6) is 5.75 Å². The van der Waals surface area contributed by atoms with Crippen LogP contribution < -0.4 is 4.74 Å². The molecular formula is C16H13BrCl2O. The Hall–Kier alpha value is -0.700. The molecule has 1 heterocycles. The molecule has 0 bridgehead atoms. The minimum Gasteiger partial charge on any atom is -0.490 e. The Morgan fingerprint density at radius 1 is 1.25 bits per heavy atom. The van der Waals surface area contributed by atoms with Gasteiger partial charge in [0.2, 0.25) is 0 Å². The van der Waals surface area contributed by atoms with Gasteiger partial charge in [-0.1, -0.05) is 45.7 Å². The SMILES string of the molecule is CC1Cc2cc(C(Cl)c3ccc(Cl)cc3Br)ccc2O1. The van der Waals surface area contributed by atoms with E-state index in [4.69, 9.17) is 27.9 Å². The molecule has 0 spiro atoms. The second kappa shape index (κ2) is 5.59. The summed E-state index contributed by atoms with van der Waals surface area (Å²) in [5, 5.41) is 0.489. The van der Waals surface area contributed by atoms with E-state index in [1.165, 1.54) is 5.56 Å². The summed E-state index contributed by atoms with van der Waals surface area (Å²) in [6.45, 7) is 2.08. The van der Waals surface area contributed by atoms with Crippen LogP contribution in [-0.2, 0) is 6.42 Å². The quantitative estimate of drug-likeness (QED) is 0.610.